The average Bonchev–Trinajstić information content (AvgIpc) is 2.47. The zero-order valence-electron chi connectivity index (χ0n) is 12.1. The molecule has 0 aliphatic heterocycles. The Labute approximate surface area is 125 Å². The van der Waals surface area contributed by atoms with Crippen LogP contribution in [0.5, 0.6) is 0 Å². The second-order valence-electron chi connectivity index (χ2n) is 4.28. The van der Waals surface area contributed by atoms with Crippen molar-refractivity contribution in [2.24, 2.45) is 0 Å². The van der Waals surface area contributed by atoms with Gasteiger partial charge in [-0.25, -0.2) is 8.42 Å². The summed E-state index contributed by atoms with van der Waals surface area (Å²) in [6.07, 6.45) is 0.578. The summed E-state index contributed by atoms with van der Waals surface area (Å²) in [5.41, 5.74) is 0.376. The molecule has 0 unspecified atom stereocenters. The van der Waals surface area contributed by atoms with Crippen LogP contribution < -0.4 is 0 Å². The van der Waals surface area contributed by atoms with Crippen LogP contribution in [0.25, 0.3) is 0 Å². The van der Waals surface area contributed by atoms with E-state index in [2.05, 4.69) is 0 Å². The molecule has 114 valence electrons. The van der Waals surface area contributed by atoms with E-state index in [9.17, 15) is 13.2 Å². The van der Waals surface area contributed by atoms with E-state index >= 15 is 0 Å². The minimum Gasteiger partial charge on any atom is -0.465 e. The molecule has 0 aliphatic rings. The number of ether oxygens (including phenoxy) is 1. The Balaban J connectivity index is 3.03. The maximum absolute atomic E-state index is 12.5. The summed E-state index contributed by atoms with van der Waals surface area (Å²) in [5.74, 6) is -0.580. The summed E-state index contributed by atoms with van der Waals surface area (Å²) < 4.78 is 30.9. The van der Waals surface area contributed by atoms with E-state index in [0.717, 1.165) is 4.31 Å². The zero-order chi connectivity index (χ0) is 15.9. The Morgan fingerprint density at radius 1 is 1.29 bits per heavy atom. The number of carbonyl (C=O) groups is 1. The van der Waals surface area contributed by atoms with Crippen molar-refractivity contribution < 1.29 is 17.9 Å². The number of carbonyl (C=O) groups excluding carboxylic acids is 1. The van der Waals surface area contributed by atoms with Crippen LogP contribution in [0.1, 0.15) is 25.8 Å². The van der Waals surface area contributed by atoms with Gasteiger partial charge in [-0.05, 0) is 37.6 Å². The maximum Gasteiger partial charge on any atom is 0.321 e. The van der Waals surface area contributed by atoms with E-state index in [1.54, 1.807) is 6.92 Å². The highest BCUT2D eigenvalue weighted by molar-refractivity contribution is 7.89. The molecule has 0 atom stereocenters. The van der Waals surface area contributed by atoms with Crippen LogP contribution in [0, 0.1) is 11.3 Å². The topological polar surface area (TPSA) is 87.5 Å². The lowest BCUT2D eigenvalue weighted by Gasteiger charge is -2.20. The summed E-state index contributed by atoms with van der Waals surface area (Å²) in [5, 5.41) is 8.73. The van der Waals surface area contributed by atoms with E-state index in [1.165, 1.54) is 24.3 Å². The number of nitriles is 1. The minimum atomic E-state index is -3.78. The van der Waals surface area contributed by atoms with Crippen molar-refractivity contribution in [2.75, 3.05) is 19.7 Å². The lowest BCUT2D eigenvalue weighted by atomic mass is 10.2. The molecule has 0 fully saturated rings. The zero-order valence-corrected chi connectivity index (χ0v) is 12.9. The smallest absolute Gasteiger partial charge is 0.321 e. The molecule has 7 heteroatoms. The van der Waals surface area contributed by atoms with Gasteiger partial charge in [0.25, 0.3) is 0 Å². The lowest BCUT2D eigenvalue weighted by molar-refractivity contribution is -0.143. The van der Waals surface area contributed by atoms with Crippen molar-refractivity contribution in [3.63, 3.8) is 0 Å². The molecule has 0 amide bonds. The van der Waals surface area contributed by atoms with Gasteiger partial charge >= 0.3 is 5.97 Å². The first kappa shape index (κ1) is 17.1. The standard InChI is InChI=1S/C14H18N2O4S/c1-3-9-16(11-14(17)20-4-2)21(18,19)13-7-5-12(10-15)6-8-13/h5-8H,3-4,9,11H2,1-2H3. The fourth-order valence-corrected chi connectivity index (χ4v) is 3.21. The van der Waals surface area contributed by atoms with Gasteiger partial charge in [-0.3, -0.25) is 4.79 Å². The highest BCUT2D eigenvalue weighted by Crippen LogP contribution is 2.16. The number of hydrogen-bond acceptors (Lipinski definition) is 5. The van der Waals surface area contributed by atoms with Crippen LogP contribution in [-0.4, -0.2) is 38.4 Å². The molecule has 0 aliphatic carbocycles. The number of nitrogens with zero attached hydrogens (tertiary/aromatic N) is 2. The molecule has 0 aromatic heterocycles. The van der Waals surface area contributed by atoms with Gasteiger partial charge in [0.1, 0.15) is 6.54 Å². The molecule has 1 rings (SSSR count). The minimum absolute atomic E-state index is 0.0549. The third-order valence-corrected chi connectivity index (χ3v) is 4.56. The molecule has 1 aromatic carbocycles. The van der Waals surface area contributed by atoms with Crippen molar-refractivity contribution >= 4 is 16.0 Å². The molecular formula is C14H18N2O4S. The van der Waals surface area contributed by atoms with E-state index in [1.807, 2.05) is 13.0 Å². The fraction of sp³-hybridized carbons (Fsp3) is 0.429. The molecule has 0 heterocycles. The van der Waals surface area contributed by atoms with Gasteiger partial charge < -0.3 is 4.74 Å². The van der Waals surface area contributed by atoms with E-state index in [4.69, 9.17) is 10.00 Å². The van der Waals surface area contributed by atoms with Gasteiger partial charge in [0, 0.05) is 6.54 Å². The third kappa shape index (κ3) is 4.55. The molecule has 0 saturated carbocycles. The largest absolute Gasteiger partial charge is 0.465 e. The maximum atomic E-state index is 12.5. The second-order valence-corrected chi connectivity index (χ2v) is 6.22. The molecule has 0 radical (unpaired) electrons. The molecule has 0 spiro atoms. The van der Waals surface area contributed by atoms with E-state index in [0.29, 0.717) is 12.0 Å². The predicted molar refractivity (Wildman–Crippen MR) is 76.8 cm³/mol. The highest BCUT2D eigenvalue weighted by Gasteiger charge is 2.26. The van der Waals surface area contributed by atoms with Crippen LogP contribution in [0.15, 0.2) is 29.2 Å². The molecule has 21 heavy (non-hydrogen) atoms. The number of hydrogen-bond donors (Lipinski definition) is 0. The highest BCUT2D eigenvalue weighted by atomic mass is 32.2. The van der Waals surface area contributed by atoms with Crippen molar-refractivity contribution in [1.29, 1.82) is 5.26 Å². The van der Waals surface area contributed by atoms with Crippen LogP contribution in [0.2, 0.25) is 0 Å². The summed E-state index contributed by atoms with van der Waals surface area (Å²) in [7, 11) is -3.78. The van der Waals surface area contributed by atoms with Crippen molar-refractivity contribution in [2.45, 2.75) is 25.2 Å². The summed E-state index contributed by atoms with van der Waals surface area (Å²) >= 11 is 0. The average molecular weight is 310 g/mol. The lowest BCUT2D eigenvalue weighted by Crippen LogP contribution is -2.37. The first-order valence-corrected chi connectivity index (χ1v) is 8.05. The monoisotopic (exact) mass is 310 g/mol. The van der Waals surface area contributed by atoms with Crippen LogP contribution in [0.4, 0.5) is 0 Å². The number of benzene rings is 1. The fourth-order valence-electron chi connectivity index (χ4n) is 1.73. The van der Waals surface area contributed by atoms with Gasteiger partial charge in [0.05, 0.1) is 23.1 Å². The molecular weight excluding hydrogens is 292 g/mol. The van der Waals surface area contributed by atoms with Gasteiger partial charge in [-0.15, -0.1) is 0 Å². The molecule has 0 saturated heterocycles. The van der Waals surface area contributed by atoms with Crippen LogP contribution in [-0.2, 0) is 19.6 Å². The van der Waals surface area contributed by atoms with Gasteiger partial charge in [-0.1, -0.05) is 6.92 Å². The summed E-state index contributed by atoms with van der Waals surface area (Å²) in [4.78, 5) is 11.6. The number of sulfonamides is 1. The Morgan fingerprint density at radius 2 is 1.90 bits per heavy atom. The van der Waals surface area contributed by atoms with Crippen LogP contribution >= 0.6 is 0 Å². The normalized spacial score (nSPS) is 11.1. The SMILES string of the molecule is CCCN(CC(=O)OCC)S(=O)(=O)c1ccc(C#N)cc1. The first-order chi connectivity index (χ1) is 9.95. The van der Waals surface area contributed by atoms with Gasteiger partial charge in [-0.2, -0.15) is 9.57 Å². The third-order valence-electron chi connectivity index (χ3n) is 2.70. The summed E-state index contributed by atoms with van der Waals surface area (Å²) in [6.45, 7) is 3.60. The summed E-state index contributed by atoms with van der Waals surface area (Å²) in [6, 6.07) is 7.52. The first-order valence-electron chi connectivity index (χ1n) is 6.61. The Morgan fingerprint density at radius 3 is 2.38 bits per heavy atom. The number of esters is 1. The van der Waals surface area contributed by atoms with Gasteiger partial charge in [0.2, 0.25) is 10.0 Å². The molecule has 1 aromatic rings. The van der Waals surface area contributed by atoms with Gasteiger partial charge in [0.15, 0.2) is 0 Å². The Hall–Kier alpha value is -1.91. The van der Waals surface area contributed by atoms with E-state index < -0.39 is 16.0 Å². The second kappa shape index (κ2) is 7.76. The predicted octanol–water partition coefficient (Wildman–Crippen LogP) is 1.52. The van der Waals surface area contributed by atoms with Crippen molar-refractivity contribution in [1.82, 2.24) is 4.31 Å². The Kier molecular flexibility index (Phi) is 6.34. The van der Waals surface area contributed by atoms with Crippen LogP contribution in [0.3, 0.4) is 0 Å². The Bertz CT molecular complexity index is 617. The quantitative estimate of drug-likeness (QED) is 0.713. The molecule has 0 N–H and O–H groups in total. The van der Waals surface area contributed by atoms with Crippen molar-refractivity contribution in [3.05, 3.63) is 29.8 Å². The van der Waals surface area contributed by atoms with Crippen molar-refractivity contribution in [3.8, 4) is 6.07 Å². The van der Waals surface area contributed by atoms with E-state index in [-0.39, 0.29) is 24.6 Å². The number of rotatable bonds is 7. The molecule has 0 bridgehead atoms. The molecule has 6 nitrogen and oxygen atoms in total.